The van der Waals surface area contributed by atoms with Gasteiger partial charge in [-0.05, 0) is 48.2 Å². The molecule has 0 atom stereocenters. The number of halogens is 1. The summed E-state index contributed by atoms with van der Waals surface area (Å²) < 4.78 is 0. The number of nitrogens with one attached hydrogen (secondary N) is 2. The van der Waals surface area contributed by atoms with E-state index in [9.17, 15) is 19.5 Å². The van der Waals surface area contributed by atoms with E-state index in [1.165, 1.54) is 0 Å². The summed E-state index contributed by atoms with van der Waals surface area (Å²) in [6.07, 6.45) is 1.63. The smallest absolute Gasteiger partial charge is 0.548 e. The molecule has 1 saturated carbocycles. The second-order valence-corrected chi connectivity index (χ2v) is 7.00. The molecule has 6 nitrogen and oxygen atoms in total. The molecule has 1 aliphatic rings. The van der Waals surface area contributed by atoms with E-state index >= 15 is 0 Å². The number of carbonyl (C=O) groups excluding carboxylic acids is 3. The van der Waals surface area contributed by atoms with E-state index in [1.807, 2.05) is 12.1 Å². The maximum absolute atomic E-state index is 12.7. The summed E-state index contributed by atoms with van der Waals surface area (Å²) in [6, 6.07) is 14.2. The van der Waals surface area contributed by atoms with Crippen molar-refractivity contribution >= 4 is 35.1 Å². The number of amides is 2. The molecule has 0 unspecified atom stereocenters. The van der Waals surface area contributed by atoms with Crippen LogP contribution in [0.25, 0.3) is 0 Å². The normalized spacial score (nSPS) is 13.8. The van der Waals surface area contributed by atoms with Gasteiger partial charge < -0.3 is 20.5 Å². The molecule has 0 radical (unpaired) electrons. The van der Waals surface area contributed by atoms with Crippen LogP contribution in [0.5, 0.6) is 0 Å². The number of hydrogen-bond donors (Lipinski definition) is 2. The van der Waals surface area contributed by atoms with E-state index < -0.39 is 23.8 Å². The zero-order chi connectivity index (χ0) is 19.4. The van der Waals surface area contributed by atoms with Crippen molar-refractivity contribution in [2.75, 3.05) is 11.9 Å². The fourth-order valence-electron chi connectivity index (χ4n) is 2.92. The van der Waals surface area contributed by atoms with Crippen molar-refractivity contribution in [3.8, 4) is 0 Å². The first-order valence-electron chi connectivity index (χ1n) is 8.52. The Labute approximate surface area is 189 Å². The van der Waals surface area contributed by atoms with Crippen molar-refractivity contribution in [3.63, 3.8) is 0 Å². The molecule has 2 N–H and O–H groups in total. The average Bonchev–Trinajstić information content (AvgIpc) is 3.44. The van der Waals surface area contributed by atoms with Crippen LogP contribution < -0.4 is 45.3 Å². The Balaban J connectivity index is 0.00000280. The molecule has 8 heteroatoms. The van der Waals surface area contributed by atoms with Crippen LogP contribution in [0.15, 0.2) is 48.5 Å². The molecule has 2 amide bonds. The summed E-state index contributed by atoms with van der Waals surface area (Å²) in [5.41, 5.74) is 1.79. The van der Waals surface area contributed by atoms with Crippen molar-refractivity contribution in [3.05, 3.63) is 64.7 Å². The van der Waals surface area contributed by atoms with Gasteiger partial charge in [-0.15, -0.1) is 0 Å². The Morgan fingerprint density at radius 1 is 1.00 bits per heavy atom. The fraction of sp³-hybridized carbons (Fsp3) is 0.250. The van der Waals surface area contributed by atoms with Gasteiger partial charge in [-0.3, -0.25) is 9.59 Å². The number of aliphatic carboxylic acids is 1. The minimum absolute atomic E-state index is 0. The Morgan fingerprint density at radius 2 is 1.61 bits per heavy atom. The molecule has 0 heterocycles. The molecular formula is C20H18ClN2NaO4. The molecule has 28 heavy (non-hydrogen) atoms. The van der Waals surface area contributed by atoms with Crippen molar-refractivity contribution in [1.29, 1.82) is 0 Å². The van der Waals surface area contributed by atoms with Gasteiger partial charge in [0.2, 0.25) is 11.8 Å². The molecule has 0 aliphatic heterocycles. The second-order valence-electron chi connectivity index (χ2n) is 6.57. The molecular weight excluding hydrogens is 391 g/mol. The van der Waals surface area contributed by atoms with Crippen LogP contribution in [-0.4, -0.2) is 24.3 Å². The fourth-order valence-corrected chi connectivity index (χ4v) is 3.04. The minimum atomic E-state index is -1.34. The van der Waals surface area contributed by atoms with Gasteiger partial charge in [0.1, 0.15) is 0 Å². The first-order chi connectivity index (χ1) is 12.9. The van der Waals surface area contributed by atoms with Crippen molar-refractivity contribution < 1.29 is 49.0 Å². The largest absolute Gasteiger partial charge is 1.00 e. The molecule has 0 aromatic heterocycles. The zero-order valence-corrected chi connectivity index (χ0v) is 18.2. The van der Waals surface area contributed by atoms with Gasteiger partial charge in [0.15, 0.2) is 0 Å². The number of carboxylic acids is 1. The van der Waals surface area contributed by atoms with Gasteiger partial charge in [-0.25, -0.2) is 0 Å². The summed E-state index contributed by atoms with van der Waals surface area (Å²) in [7, 11) is 0. The Hall–Kier alpha value is -1.86. The number of carboxylic acid groups (broad SMARTS) is 1. The summed E-state index contributed by atoms with van der Waals surface area (Å²) in [4.78, 5) is 34.7. The van der Waals surface area contributed by atoms with Crippen molar-refractivity contribution in [1.82, 2.24) is 5.32 Å². The van der Waals surface area contributed by atoms with Gasteiger partial charge in [0.05, 0.1) is 24.3 Å². The quantitative estimate of drug-likeness (QED) is 0.540. The van der Waals surface area contributed by atoms with E-state index in [2.05, 4.69) is 10.6 Å². The maximum Gasteiger partial charge on any atom is 1.00 e. The summed E-state index contributed by atoms with van der Waals surface area (Å²) >= 11 is 5.92. The predicted octanol–water partition coefficient (Wildman–Crippen LogP) is -1.58. The first-order valence-corrected chi connectivity index (χ1v) is 8.90. The van der Waals surface area contributed by atoms with E-state index in [0.717, 1.165) is 18.4 Å². The molecule has 0 spiro atoms. The SMILES string of the molecule is O=C([O-])CNC(=O)Cc1ccc(NC(=O)C2(c3ccc(Cl)cc3)CC2)cc1.[Na+]. The minimum Gasteiger partial charge on any atom is -0.548 e. The molecule has 0 saturated heterocycles. The van der Waals surface area contributed by atoms with Crippen LogP contribution in [0.2, 0.25) is 5.02 Å². The molecule has 2 aromatic rings. The number of carbonyl (C=O) groups is 3. The Morgan fingerprint density at radius 3 is 2.14 bits per heavy atom. The number of hydrogen-bond acceptors (Lipinski definition) is 4. The van der Waals surface area contributed by atoms with Crippen LogP contribution >= 0.6 is 11.6 Å². The van der Waals surface area contributed by atoms with Crippen LogP contribution in [-0.2, 0) is 26.2 Å². The van der Waals surface area contributed by atoms with Crippen LogP contribution in [0, 0.1) is 0 Å². The van der Waals surface area contributed by atoms with Crippen LogP contribution in [0.3, 0.4) is 0 Å². The molecule has 0 bridgehead atoms. The number of benzene rings is 2. The third-order valence-corrected chi connectivity index (χ3v) is 4.84. The third kappa shape index (κ3) is 5.58. The standard InChI is InChI=1S/C20H19ClN2O4.Na/c21-15-5-3-14(4-6-15)20(9-10-20)19(27)23-16-7-1-13(2-8-16)11-17(24)22-12-18(25)26;/h1-8H,9-12H2,(H,22,24)(H,23,27)(H,25,26);/q;+1/p-1. The van der Waals surface area contributed by atoms with Crippen LogP contribution in [0.1, 0.15) is 24.0 Å². The average molecular weight is 409 g/mol. The predicted molar refractivity (Wildman–Crippen MR) is 99.2 cm³/mol. The molecule has 140 valence electrons. The summed E-state index contributed by atoms with van der Waals surface area (Å²) in [5, 5.41) is 16.1. The monoisotopic (exact) mass is 408 g/mol. The van der Waals surface area contributed by atoms with E-state index in [4.69, 9.17) is 11.6 Å². The zero-order valence-electron chi connectivity index (χ0n) is 15.5. The molecule has 2 aromatic carbocycles. The molecule has 1 aliphatic carbocycles. The van der Waals surface area contributed by atoms with Crippen molar-refractivity contribution in [2.45, 2.75) is 24.7 Å². The second kappa shape index (κ2) is 9.56. The topological polar surface area (TPSA) is 98.3 Å². The van der Waals surface area contributed by atoms with E-state index in [-0.39, 0.29) is 41.9 Å². The Bertz CT molecular complexity index is 865. The number of rotatable bonds is 7. The van der Waals surface area contributed by atoms with E-state index in [1.54, 1.807) is 36.4 Å². The van der Waals surface area contributed by atoms with Crippen molar-refractivity contribution in [2.24, 2.45) is 0 Å². The summed E-state index contributed by atoms with van der Waals surface area (Å²) in [6.45, 7) is -0.514. The van der Waals surface area contributed by atoms with Gasteiger partial charge in [-0.1, -0.05) is 35.9 Å². The first kappa shape index (κ1) is 22.4. The third-order valence-electron chi connectivity index (χ3n) is 4.59. The van der Waals surface area contributed by atoms with Gasteiger partial charge >= 0.3 is 29.6 Å². The Kier molecular flexibility index (Phi) is 7.66. The van der Waals surface area contributed by atoms with E-state index in [0.29, 0.717) is 16.3 Å². The van der Waals surface area contributed by atoms with Gasteiger partial charge in [0, 0.05) is 10.7 Å². The molecule has 1 fully saturated rings. The molecule has 3 rings (SSSR count). The number of anilines is 1. The maximum atomic E-state index is 12.7. The van der Waals surface area contributed by atoms with Crippen LogP contribution in [0.4, 0.5) is 5.69 Å². The summed E-state index contributed by atoms with van der Waals surface area (Å²) in [5.74, 6) is -1.81. The van der Waals surface area contributed by atoms with Gasteiger partial charge in [-0.2, -0.15) is 0 Å². The van der Waals surface area contributed by atoms with Gasteiger partial charge in [0.25, 0.3) is 0 Å².